The SMILES string of the molecule is CCC(N)C(c1ccc(Br)cc1)N1CCN(C(C)C)CC1. The Kier molecular flexibility index (Phi) is 6.23. The lowest BCUT2D eigenvalue weighted by molar-refractivity contribution is 0.0679. The number of rotatable bonds is 5. The molecule has 0 saturated carbocycles. The third-order valence-electron chi connectivity index (χ3n) is 4.56. The highest BCUT2D eigenvalue weighted by Crippen LogP contribution is 2.27. The second kappa shape index (κ2) is 7.73. The Bertz CT molecular complexity index is 424. The zero-order chi connectivity index (χ0) is 15.4. The largest absolute Gasteiger partial charge is 0.326 e. The topological polar surface area (TPSA) is 32.5 Å². The van der Waals surface area contributed by atoms with Gasteiger partial charge in [-0.25, -0.2) is 0 Å². The van der Waals surface area contributed by atoms with Gasteiger partial charge in [0.1, 0.15) is 0 Å². The molecule has 1 aromatic carbocycles. The van der Waals surface area contributed by atoms with Crippen molar-refractivity contribution in [2.24, 2.45) is 5.73 Å². The number of nitrogens with zero attached hydrogens (tertiary/aromatic N) is 2. The average Bonchev–Trinajstić information content (AvgIpc) is 2.49. The maximum absolute atomic E-state index is 6.45. The first-order valence-electron chi connectivity index (χ1n) is 8.02. The molecule has 0 aromatic heterocycles. The fourth-order valence-corrected chi connectivity index (χ4v) is 3.41. The molecule has 2 rings (SSSR count). The molecule has 2 N–H and O–H groups in total. The summed E-state index contributed by atoms with van der Waals surface area (Å²) < 4.78 is 1.12. The van der Waals surface area contributed by atoms with Crippen LogP contribution in [0.25, 0.3) is 0 Å². The Hall–Kier alpha value is -0.420. The van der Waals surface area contributed by atoms with Crippen molar-refractivity contribution in [3.63, 3.8) is 0 Å². The highest BCUT2D eigenvalue weighted by molar-refractivity contribution is 9.10. The van der Waals surface area contributed by atoms with E-state index in [4.69, 9.17) is 5.73 Å². The molecule has 4 heteroatoms. The molecule has 1 fully saturated rings. The van der Waals surface area contributed by atoms with Crippen LogP contribution in [0.15, 0.2) is 28.7 Å². The molecule has 0 amide bonds. The minimum atomic E-state index is 0.191. The fraction of sp³-hybridized carbons (Fsp3) is 0.647. The van der Waals surface area contributed by atoms with Crippen LogP contribution in [0.5, 0.6) is 0 Å². The van der Waals surface area contributed by atoms with Gasteiger partial charge in [0.15, 0.2) is 0 Å². The van der Waals surface area contributed by atoms with Crippen LogP contribution >= 0.6 is 15.9 Å². The molecule has 1 aliphatic heterocycles. The highest BCUT2D eigenvalue weighted by Gasteiger charge is 2.29. The molecule has 1 heterocycles. The van der Waals surface area contributed by atoms with Gasteiger partial charge >= 0.3 is 0 Å². The summed E-state index contributed by atoms with van der Waals surface area (Å²) in [6.07, 6.45) is 1.01. The maximum atomic E-state index is 6.45. The van der Waals surface area contributed by atoms with Gasteiger partial charge < -0.3 is 5.73 Å². The van der Waals surface area contributed by atoms with Crippen molar-refractivity contribution in [2.45, 2.75) is 45.3 Å². The number of nitrogens with two attached hydrogens (primary N) is 1. The monoisotopic (exact) mass is 353 g/mol. The lowest BCUT2D eigenvalue weighted by Crippen LogP contribution is -2.52. The van der Waals surface area contributed by atoms with Crippen molar-refractivity contribution in [3.8, 4) is 0 Å². The van der Waals surface area contributed by atoms with Crippen LogP contribution in [0.4, 0.5) is 0 Å². The number of hydrogen-bond acceptors (Lipinski definition) is 3. The summed E-state index contributed by atoms with van der Waals surface area (Å²) in [6.45, 7) is 11.2. The van der Waals surface area contributed by atoms with Crippen LogP contribution in [0, 0.1) is 0 Å². The molecular weight excluding hydrogens is 326 g/mol. The van der Waals surface area contributed by atoms with Crippen molar-refractivity contribution in [2.75, 3.05) is 26.2 Å². The van der Waals surface area contributed by atoms with Gasteiger partial charge in [-0.2, -0.15) is 0 Å². The van der Waals surface area contributed by atoms with Crippen molar-refractivity contribution in [3.05, 3.63) is 34.3 Å². The van der Waals surface area contributed by atoms with Gasteiger partial charge in [-0.3, -0.25) is 9.80 Å². The van der Waals surface area contributed by atoms with Crippen LogP contribution in [0.3, 0.4) is 0 Å². The second-order valence-electron chi connectivity index (χ2n) is 6.23. The van der Waals surface area contributed by atoms with E-state index in [-0.39, 0.29) is 6.04 Å². The van der Waals surface area contributed by atoms with E-state index in [1.807, 2.05) is 0 Å². The zero-order valence-electron chi connectivity index (χ0n) is 13.4. The van der Waals surface area contributed by atoms with E-state index in [0.29, 0.717) is 12.1 Å². The van der Waals surface area contributed by atoms with Crippen molar-refractivity contribution >= 4 is 15.9 Å². The molecular formula is C17H28BrN3. The molecule has 3 nitrogen and oxygen atoms in total. The lowest BCUT2D eigenvalue weighted by atomic mass is 9.95. The summed E-state index contributed by atoms with van der Waals surface area (Å²) in [6, 6.07) is 9.81. The smallest absolute Gasteiger partial charge is 0.0500 e. The zero-order valence-corrected chi connectivity index (χ0v) is 15.0. The van der Waals surface area contributed by atoms with Crippen LogP contribution in [-0.2, 0) is 0 Å². The first-order chi connectivity index (χ1) is 10.0. The molecule has 1 aliphatic rings. The van der Waals surface area contributed by atoms with E-state index in [1.54, 1.807) is 0 Å². The Morgan fingerprint density at radius 1 is 1.05 bits per heavy atom. The van der Waals surface area contributed by atoms with E-state index in [2.05, 4.69) is 70.8 Å². The summed E-state index contributed by atoms with van der Waals surface area (Å²) in [7, 11) is 0. The molecule has 0 bridgehead atoms. The highest BCUT2D eigenvalue weighted by atomic mass is 79.9. The maximum Gasteiger partial charge on any atom is 0.0500 e. The molecule has 1 aromatic rings. The van der Waals surface area contributed by atoms with E-state index >= 15 is 0 Å². The van der Waals surface area contributed by atoms with Gasteiger partial charge in [-0.05, 0) is 38.0 Å². The van der Waals surface area contributed by atoms with Crippen LogP contribution in [-0.4, -0.2) is 48.1 Å². The Morgan fingerprint density at radius 3 is 2.05 bits per heavy atom. The molecule has 21 heavy (non-hydrogen) atoms. The van der Waals surface area contributed by atoms with Crippen molar-refractivity contribution in [1.82, 2.24) is 9.80 Å². The molecule has 118 valence electrons. The second-order valence-corrected chi connectivity index (χ2v) is 7.15. The molecule has 2 unspecified atom stereocenters. The average molecular weight is 354 g/mol. The predicted molar refractivity (Wildman–Crippen MR) is 93.4 cm³/mol. The van der Waals surface area contributed by atoms with Gasteiger partial charge in [0, 0.05) is 48.8 Å². The standard InChI is InChI=1S/C17H28BrN3/c1-4-16(19)17(14-5-7-15(18)8-6-14)21-11-9-20(10-12-21)13(2)3/h5-8,13,16-17H,4,9-12,19H2,1-3H3. The van der Waals surface area contributed by atoms with Gasteiger partial charge in [0.05, 0.1) is 0 Å². The predicted octanol–water partition coefficient (Wildman–Crippen LogP) is 3.25. The first kappa shape index (κ1) is 16.9. The van der Waals surface area contributed by atoms with Crippen LogP contribution < -0.4 is 5.73 Å². The number of hydrogen-bond donors (Lipinski definition) is 1. The normalized spacial score (nSPS) is 20.7. The van der Waals surface area contributed by atoms with Crippen LogP contribution in [0.2, 0.25) is 0 Å². The summed E-state index contributed by atoms with van der Waals surface area (Å²) in [5.41, 5.74) is 7.78. The quantitative estimate of drug-likeness (QED) is 0.881. The summed E-state index contributed by atoms with van der Waals surface area (Å²) in [4.78, 5) is 5.11. The van der Waals surface area contributed by atoms with E-state index in [9.17, 15) is 0 Å². The van der Waals surface area contributed by atoms with E-state index in [1.165, 1.54) is 5.56 Å². The van der Waals surface area contributed by atoms with Gasteiger partial charge in [-0.15, -0.1) is 0 Å². The molecule has 0 aliphatic carbocycles. The van der Waals surface area contributed by atoms with E-state index in [0.717, 1.165) is 37.1 Å². The Morgan fingerprint density at radius 2 is 1.57 bits per heavy atom. The molecule has 0 radical (unpaired) electrons. The summed E-state index contributed by atoms with van der Waals surface area (Å²) in [5.74, 6) is 0. The minimum absolute atomic E-state index is 0.191. The first-order valence-corrected chi connectivity index (χ1v) is 8.81. The van der Waals surface area contributed by atoms with E-state index < -0.39 is 0 Å². The number of benzene rings is 1. The Balaban J connectivity index is 2.12. The molecule has 1 saturated heterocycles. The minimum Gasteiger partial charge on any atom is -0.326 e. The number of halogens is 1. The van der Waals surface area contributed by atoms with Crippen molar-refractivity contribution in [1.29, 1.82) is 0 Å². The van der Waals surface area contributed by atoms with Gasteiger partial charge in [0.2, 0.25) is 0 Å². The Labute approximate surface area is 137 Å². The fourth-order valence-electron chi connectivity index (χ4n) is 3.14. The van der Waals surface area contributed by atoms with Crippen molar-refractivity contribution < 1.29 is 0 Å². The third-order valence-corrected chi connectivity index (χ3v) is 5.09. The summed E-state index contributed by atoms with van der Waals surface area (Å²) >= 11 is 3.52. The molecule has 0 spiro atoms. The molecule has 2 atom stereocenters. The third kappa shape index (κ3) is 4.28. The summed E-state index contributed by atoms with van der Waals surface area (Å²) in [5, 5.41) is 0. The number of piperazine rings is 1. The van der Waals surface area contributed by atoms with Crippen LogP contribution in [0.1, 0.15) is 38.8 Å². The van der Waals surface area contributed by atoms with Gasteiger partial charge in [-0.1, -0.05) is 35.0 Å². The lowest BCUT2D eigenvalue weighted by Gasteiger charge is -2.42. The van der Waals surface area contributed by atoms with Gasteiger partial charge in [0.25, 0.3) is 0 Å².